The highest BCUT2D eigenvalue weighted by Gasteiger charge is 2.21. The summed E-state index contributed by atoms with van der Waals surface area (Å²) in [6.45, 7) is 1.96. The van der Waals surface area contributed by atoms with Crippen molar-refractivity contribution in [1.82, 2.24) is 10.2 Å². The molecule has 1 aromatic carbocycles. The van der Waals surface area contributed by atoms with Crippen LogP contribution in [0.1, 0.15) is 18.4 Å². The van der Waals surface area contributed by atoms with Gasteiger partial charge in [0, 0.05) is 19.2 Å². The van der Waals surface area contributed by atoms with E-state index in [1.807, 2.05) is 31.3 Å². The molecule has 1 aliphatic rings. The topological polar surface area (TPSA) is 41.6 Å². The summed E-state index contributed by atoms with van der Waals surface area (Å²) >= 11 is 0. The van der Waals surface area contributed by atoms with Crippen LogP contribution in [0.25, 0.3) is 0 Å². The van der Waals surface area contributed by atoms with E-state index in [9.17, 15) is 4.79 Å². The number of methoxy groups -OCH3 is 1. The maximum atomic E-state index is 12.0. The second-order valence-corrected chi connectivity index (χ2v) is 5.14. The highest BCUT2D eigenvalue weighted by atomic mass is 16.5. The molecule has 0 saturated heterocycles. The number of carbonyl (C=O) groups is 1. The zero-order chi connectivity index (χ0) is 13.7. The minimum Gasteiger partial charge on any atom is -0.496 e. The molecular formula is C15H22N2O2. The maximum Gasteiger partial charge on any atom is 0.236 e. The minimum atomic E-state index is 0.117. The van der Waals surface area contributed by atoms with Gasteiger partial charge in [0.1, 0.15) is 5.75 Å². The second kappa shape index (κ2) is 6.57. The van der Waals surface area contributed by atoms with Crippen LogP contribution >= 0.6 is 0 Å². The van der Waals surface area contributed by atoms with Crippen molar-refractivity contribution in [3.63, 3.8) is 0 Å². The molecule has 104 valence electrons. The number of para-hydroxylation sites is 1. The molecule has 0 spiro atoms. The molecule has 0 heterocycles. The van der Waals surface area contributed by atoms with Gasteiger partial charge in [0.2, 0.25) is 5.91 Å². The molecule has 0 aromatic heterocycles. The lowest BCUT2D eigenvalue weighted by atomic mass is 10.2. The lowest BCUT2D eigenvalue weighted by Crippen LogP contribution is -2.35. The van der Waals surface area contributed by atoms with E-state index in [0.29, 0.717) is 13.1 Å². The van der Waals surface area contributed by atoms with Gasteiger partial charge >= 0.3 is 0 Å². The number of hydrogen-bond donors (Lipinski definition) is 1. The van der Waals surface area contributed by atoms with Crippen molar-refractivity contribution in [2.24, 2.45) is 5.92 Å². The predicted molar refractivity (Wildman–Crippen MR) is 75.1 cm³/mol. The molecule has 0 atom stereocenters. The first-order valence-electron chi connectivity index (χ1n) is 6.77. The van der Waals surface area contributed by atoms with Crippen LogP contribution in [-0.2, 0) is 11.3 Å². The van der Waals surface area contributed by atoms with Crippen LogP contribution in [0, 0.1) is 5.92 Å². The number of benzene rings is 1. The van der Waals surface area contributed by atoms with E-state index >= 15 is 0 Å². The summed E-state index contributed by atoms with van der Waals surface area (Å²) in [5.41, 5.74) is 1.03. The highest BCUT2D eigenvalue weighted by molar-refractivity contribution is 5.78. The van der Waals surface area contributed by atoms with Crippen molar-refractivity contribution in [3.05, 3.63) is 29.8 Å². The zero-order valence-electron chi connectivity index (χ0n) is 11.7. The Hall–Kier alpha value is -1.55. The van der Waals surface area contributed by atoms with E-state index in [-0.39, 0.29) is 5.91 Å². The number of ether oxygens (including phenoxy) is 1. The SMILES string of the molecule is COc1ccccc1CN(C)C(=O)CNCC1CC1. The fourth-order valence-corrected chi connectivity index (χ4v) is 2.02. The van der Waals surface area contributed by atoms with Gasteiger partial charge in [-0.25, -0.2) is 0 Å². The van der Waals surface area contributed by atoms with Crippen molar-refractivity contribution in [3.8, 4) is 5.75 Å². The predicted octanol–water partition coefficient (Wildman–Crippen LogP) is 1.65. The number of nitrogens with zero attached hydrogens (tertiary/aromatic N) is 1. The first kappa shape index (κ1) is 13.9. The van der Waals surface area contributed by atoms with Gasteiger partial charge in [-0.1, -0.05) is 18.2 Å². The summed E-state index contributed by atoms with van der Waals surface area (Å²) < 4.78 is 5.29. The molecule has 0 aliphatic heterocycles. The number of hydrogen-bond acceptors (Lipinski definition) is 3. The van der Waals surface area contributed by atoms with Crippen LogP contribution in [0.2, 0.25) is 0 Å². The van der Waals surface area contributed by atoms with Crippen molar-refractivity contribution in [2.45, 2.75) is 19.4 Å². The van der Waals surface area contributed by atoms with E-state index < -0.39 is 0 Å². The van der Waals surface area contributed by atoms with Gasteiger partial charge in [0.05, 0.1) is 13.7 Å². The lowest BCUT2D eigenvalue weighted by molar-refractivity contribution is -0.129. The van der Waals surface area contributed by atoms with Gasteiger partial charge in [0.15, 0.2) is 0 Å². The van der Waals surface area contributed by atoms with Crippen LogP contribution in [0.4, 0.5) is 0 Å². The molecule has 1 aliphatic carbocycles. The molecule has 2 rings (SSSR count). The highest BCUT2D eigenvalue weighted by Crippen LogP contribution is 2.27. The van der Waals surface area contributed by atoms with Crippen LogP contribution in [0.5, 0.6) is 5.75 Å². The summed E-state index contributed by atoms with van der Waals surface area (Å²) in [6, 6.07) is 7.79. The van der Waals surface area contributed by atoms with E-state index in [1.165, 1.54) is 12.8 Å². The van der Waals surface area contributed by atoms with E-state index in [2.05, 4.69) is 5.32 Å². The van der Waals surface area contributed by atoms with E-state index in [0.717, 1.165) is 23.8 Å². The number of carbonyl (C=O) groups excluding carboxylic acids is 1. The summed E-state index contributed by atoms with van der Waals surface area (Å²) in [7, 11) is 3.48. The van der Waals surface area contributed by atoms with Crippen molar-refractivity contribution in [2.75, 3.05) is 27.2 Å². The molecule has 1 saturated carbocycles. The largest absolute Gasteiger partial charge is 0.496 e. The molecule has 0 unspecified atom stereocenters. The normalized spacial score (nSPS) is 14.2. The Labute approximate surface area is 114 Å². The number of rotatable bonds is 7. The van der Waals surface area contributed by atoms with Crippen LogP contribution in [0.3, 0.4) is 0 Å². The Morgan fingerprint density at radius 2 is 2.16 bits per heavy atom. The third-order valence-electron chi connectivity index (χ3n) is 3.43. The molecule has 1 aromatic rings. The number of likely N-dealkylation sites (N-methyl/N-ethyl adjacent to an activating group) is 1. The molecule has 1 amide bonds. The summed E-state index contributed by atoms with van der Waals surface area (Å²) in [4.78, 5) is 13.7. The molecular weight excluding hydrogens is 240 g/mol. The average Bonchev–Trinajstić information content (AvgIpc) is 3.23. The second-order valence-electron chi connectivity index (χ2n) is 5.14. The Balaban J connectivity index is 1.81. The first-order valence-corrected chi connectivity index (χ1v) is 6.77. The Morgan fingerprint density at radius 3 is 2.84 bits per heavy atom. The fraction of sp³-hybridized carbons (Fsp3) is 0.533. The summed E-state index contributed by atoms with van der Waals surface area (Å²) in [5.74, 6) is 1.74. The first-order chi connectivity index (χ1) is 9.20. The van der Waals surface area contributed by atoms with Gasteiger partial charge in [-0.3, -0.25) is 4.79 Å². The van der Waals surface area contributed by atoms with Crippen LogP contribution in [-0.4, -0.2) is 38.1 Å². The number of amides is 1. The molecule has 4 heteroatoms. The fourth-order valence-electron chi connectivity index (χ4n) is 2.02. The van der Waals surface area contributed by atoms with Crippen molar-refractivity contribution < 1.29 is 9.53 Å². The van der Waals surface area contributed by atoms with Gasteiger partial charge in [-0.05, 0) is 31.4 Å². The Kier molecular flexibility index (Phi) is 4.80. The van der Waals surface area contributed by atoms with Gasteiger partial charge < -0.3 is 15.0 Å². The summed E-state index contributed by atoms with van der Waals surface area (Å²) in [5, 5.41) is 3.22. The van der Waals surface area contributed by atoms with Crippen molar-refractivity contribution in [1.29, 1.82) is 0 Å². The third-order valence-corrected chi connectivity index (χ3v) is 3.43. The molecule has 0 radical (unpaired) electrons. The van der Waals surface area contributed by atoms with Gasteiger partial charge in [-0.2, -0.15) is 0 Å². The quantitative estimate of drug-likeness (QED) is 0.812. The lowest BCUT2D eigenvalue weighted by Gasteiger charge is -2.19. The smallest absolute Gasteiger partial charge is 0.236 e. The minimum absolute atomic E-state index is 0.117. The molecule has 0 bridgehead atoms. The Bertz CT molecular complexity index is 430. The third kappa shape index (κ3) is 4.24. The molecule has 4 nitrogen and oxygen atoms in total. The standard InChI is InChI=1S/C15H22N2O2/c1-17(15(18)10-16-9-12-7-8-12)11-13-5-3-4-6-14(13)19-2/h3-6,12,16H,7-11H2,1-2H3. The maximum absolute atomic E-state index is 12.0. The number of nitrogens with one attached hydrogen (secondary N) is 1. The van der Waals surface area contributed by atoms with Gasteiger partial charge in [0.25, 0.3) is 0 Å². The Morgan fingerprint density at radius 1 is 1.42 bits per heavy atom. The van der Waals surface area contributed by atoms with Gasteiger partial charge in [-0.15, -0.1) is 0 Å². The molecule has 1 N–H and O–H groups in total. The zero-order valence-corrected chi connectivity index (χ0v) is 11.7. The molecule has 1 fully saturated rings. The molecule has 19 heavy (non-hydrogen) atoms. The summed E-state index contributed by atoms with van der Waals surface area (Å²) in [6.07, 6.45) is 2.61. The average molecular weight is 262 g/mol. The van der Waals surface area contributed by atoms with Crippen LogP contribution in [0.15, 0.2) is 24.3 Å². The van der Waals surface area contributed by atoms with Crippen LogP contribution < -0.4 is 10.1 Å². The van der Waals surface area contributed by atoms with Crippen molar-refractivity contribution >= 4 is 5.91 Å². The van der Waals surface area contributed by atoms with E-state index in [1.54, 1.807) is 12.0 Å². The van der Waals surface area contributed by atoms with E-state index in [4.69, 9.17) is 4.74 Å². The monoisotopic (exact) mass is 262 g/mol.